The van der Waals surface area contributed by atoms with E-state index in [9.17, 15) is 9.59 Å². The zero-order valence-electron chi connectivity index (χ0n) is 18.4. The first kappa shape index (κ1) is 21.9. The lowest BCUT2D eigenvalue weighted by molar-refractivity contribution is -0.136. The van der Waals surface area contributed by atoms with Crippen molar-refractivity contribution in [1.29, 1.82) is 0 Å². The summed E-state index contributed by atoms with van der Waals surface area (Å²) < 4.78 is 7.32. The van der Waals surface area contributed by atoms with Gasteiger partial charge in [0.1, 0.15) is 5.60 Å². The van der Waals surface area contributed by atoms with E-state index in [-0.39, 0.29) is 17.9 Å². The van der Waals surface area contributed by atoms with Crippen molar-refractivity contribution < 1.29 is 14.3 Å². The molecular weight excluding hydrogens is 380 g/mol. The fourth-order valence-corrected chi connectivity index (χ4v) is 3.64. The van der Waals surface area contributed by atoms with Crippen molar-refractivity contribution in [3.63, 3.8) is 0 Å². The van der Waals surface area contributed by atoms with Crippen molar-refractivity contribution in [2.75, 3.05) is 20.1 Å². The molecule has 0 N–H and O–H groups in total. The van der Waals surface area contributed by atoms with Crippen LogP contribution in [0.15, 0.2) is 42.7 Å². The van der Waals surface area contributed by atoms with Gasteiger partial charge in [-0.15, -0.1) is 0 Å². The lowest BCUT2D eigenvalue weighted by atomic mass is 9.95. The average Bonchev–Trinajstić information content (AvgIpc) is 3.13. The minimum Gasteiger partial charge on any atom is -0.444 e. The van der Waals surface area contributed by atoms with Crippen molar-refractivity contribution in [2.24, 2.45) is 5.92 Å². The molecule has 2 amide bonds. The van der Waals surface area contributed by atoms with E-state index >= 15 is 0 Å². The average molecular weight is 413 g/mol. The third-order valence-electron chi connectivity index (χ3n) is 5.17. The standard InChI is InChI=1S/C23H32N4O3/c1-23(2,3)30-22(29)26-12-10-20(11-13-26)21(28)25(4)15-19-14-24-27(17-19)16-18-8-6-5-7-9-18/h5-9,14,17,20H,10-13,15-16H2,1-4H3. The highest BCUT2D eigenvalue weighted by Crippen LogP contribution is 2.22. The highest BCUT2D eigenvalue weighted by molar-refractivity contribution is 5.79. The van der Waals surface area contributed by atoms with Gasteiger partial charge in [-0.3, -0.25) is 9.48 Å². The van der Waals surface area contributed by atoms with Crippen LogP contribution >= 0.6 is 0 Å². The summed E-state index contributed by atoms with van der Waals surface area (Å²) in [5.41, 5.74) is 1.69. The van der Waals surface area contributed by atoms with Crippen LogP contribution in [0.5, 0.6) is 0 Å². The molecule has 1 saturated heterocycles. The van der Waals surface area contributed by atoms with Crippen molar-refractivity contribution in [1.82, 2.24) is 19.6 Å². The minimum absolute atomic E-state index is 0.0620. The molecule has 2 heterocycles. The molecule has 1 fully saturated rings. The quantitative estimate of drug-likeness (QED) is 0.753. The summed E-state index contributed by atoms with van der Waals surface area (Å²) in [6.45, 7) is 7.91. The van der Waals surface area contributed by atoms with Crippen molar-refractivity contribution in [3.05, 3.63) is 53.9 Å². The molecule has 1 aliphatic heterocycles. The molecule has 1 aliphatic rings. The van der Waals surface area contributed by atoms with Gasteiger partial charge in [-0.1, -0.05) is 30.3 Å². The van der Waals surface area contributed by atoms with E-state index in [1.807, 2.05) is 63.1 Å². The van der Waals surface area contributed by atoms with Crippen LogP contribution in [0.2, 0.25) is 0 Å². The molecule has 1 aromatic heterocycles. The van der Waals surface area contributed by atoms with Crippen LogP contribution in [0.3, 0.4) is 0 Å². The van der Waals surface area contributed by atoms with E-state index in [1.54, 1.807) is 9.80 Å². The molecule has 3 rings (SSSR count). The number of aromatic nitrogens is 2. The number of carbonyl (C=O) groups excluding carboxylic acids is 2. The van der Waals surface area contributed by atoms with Crippen molar-refractivity contribution in [3.8, 4) is 0 Å². The molecule has 30 heavy (non-hydrogen) atoms. The van der Waals surface area contributed by atoms with Crippen LogP contribution in [-0.2, 0) is 22.6 Å². The van der Waals surface area contributed by atoms with Crippen LogP contribution in [0.4, 0.5) is 4.79 Å². The van der Waals surface area contributed by atoms with E-state index in [0.717, 1.165) is 5.56 Å². The van der Waals surface area contributed by atoms with Gasteiger partial charge in [-0.05, 0) is 39.2 Å². The Hall–Kier alpha value is -2.83. The molecular formula is C23H32N4O3. The maximum Gasteiger partial charge on any atom is 0.410 e. The van der Waals surface area contributed by atoms with Gasteiger partial charge in [0.25, 0.3) is 0 Å². The molecule has 1 aromatic carbocycles. The Morgan fingerprint density at radius 2 is 1.80 bits per heavy atom. The molecule has 0 bridgehead atoms. The molecule has 2 aromatic rings. The summed E-state index contributed by atoms with van der Waals surface area (Å²) in [5.74, 6) is 0.0581. The number of rotatable bonds is 5. The second-order valence-electron chi connectivity index (χ2n) is 8.97. The van der Waals surface area contributed by atoms with Crippen molar-refractivity contribution in [2.45, 2.75) is 52.3 Å². The SMILES string of the molecule is CN(Cc1cnn(Cc2ccccc2)c1)C(=O)C1CCN(C(=O)OC(C)(C)C)CC1. The number of nitrogens with zero attached hydrogens (tertiary/aromatic N) is 4. The third kappa shape index (κ3) is 6.08. The third-order valence-corrected chi connectivity index (χ3v) is 5.17. The normalized spacial score (nSPS) is 15.1. The second-order valence-corrected chi connectivity index (χ2v) is 8.97. The first-order valence-corrected chi connectivity index (χ1v) is 10.5. The summed E-state index contributed by atoms with van der Waals surface area (Å²) in [6, 6.07) is 10.2. The van der Waals surface area contributed by atoms with Gasteiger partial charge in [0.05, 0.1) is 12.7 Å². The Balaban J connectivity index is 1.48. The fourth-order valence-electron chi connectivity index (χ4n) is 3.64. The zero-order valence-corrected chi connectivity index (χ0v) is 18.4. The van der Waals surface area contributed by atoms with E-state index < -0.39 is 5.60 Å². The van der Waals surface area contributed by atoms with E-state index in [4.69, 9.17) is 4.74 Å². The molecule has 162 valence electrons. The summed E-state index contributed by atoms with van der Waals surface area (Å²) in [6.07, 6.45) is 4.83. The first-order valence-electron chi connectivity index (χ1n) is 10.5. The maximum atomic E-state index is 12.9. The lowest BCUT2D eigenvalue weighted by Crippen LogP contribution is -2.45. The summed E-state index contributed by atoms with van der Waals surface area (Å²) in [4.78, 5) is 28.5. The number of ether oxygens (including phenoxy) is 1. The topological polar surface area (TPSA) is 67.7 Å². The van der Waals surface area contributed by atoms with Crippen LogP contribution in [0.1, 0.15) is 44.7 Å². The second kappa shape index (κ2) is 9.32. The zero-order chi connectivity index (χ0) is 21.7. The van der Waals surface area contributed by atoms with Crippen LogP contribution in [0, 0.1) is 5.92 Å². The monoisotopic (exact) mass is 412 g/mol. The van der Waals surface area contributed by atoms with Gasteiger partial charge < -0.3 is 14.5 Å². The Morgan fingerprint density at radius 3 is 2.43 bits per heavy atom. The Bertz CT molecular complexity index is 849. The van der Waals surface area contributed by atoms with Gasteiger partial charge in [-0.25, -0.2) is 4.79 Å². The van der Waals surface area contributed by atoms with Gasteiger partial charge in [0, 0.05) is 44.4 Å². The van der Waals surface area contributed by atoms with Gasteiger partial charge in [0.2, 0.25) is 5.91 Å². The number of likely N-dealkylation sites (tertiary alicyclic amines) is 1. The van der Waals surface area contributed by atoms with Crippen molar-refractivity contribution >= 4 is 12.0 Å². The molecule has 0 aliphatic carbocycles. The van der Waals surface area contributed by atoms with Crippen LogP contribution < -0.4 is 0 Å². The predicted octanol–water partition coefficient (Wildman–Crippen LogP) is 3.54. The largest absolute Gasteiger partial charge is 0.444 e. The molecule has 7 heteroatoms. The Morgan fingerprint density at radius 1 is 1.13 bits per heavy atom. The number of benzene rings is 1. The maximum absolute atomic E-state index is 12.9. The first-order chi connectivity index (χ1) is 14.2. The summed E-state index contributed by atoms with van der Waals surface area (Å²) in [7, 11) is 1.83. The highest BCUT2D eigenvalue weighted by atomic mass is 16.6. The summed E-state index contributed by atoms with van der Waals surface area (Å²) in [5, 5.41) is 4.42. The van der Waals surface area contributed by atoms with E-state index in [0.29, 0.717) is 39.0 Å². The van der Waals surface area contributed by atoms with E-state index in [2.05, 4.69) is 17.2 Å². The number of hydrogen-bond acceptors (Lipinski definition) is 4. The minimum atomic E-state index is -0.505. The molecule has 0 spiro atoms. The fraction of sp³-hybridized carbons (Fsp3) is 0.522. The van der Waals surface area contributed by atoms with Crippen LogP contribution in [-0.4, -0.2) is 57.3 Å². The van der Waals surface area contributed by atoms with Gasteiger partial charge >= 0.3 is 6.09 Å². The Kier molecular flexibility index (Phi) is 6.80. The highest BCUT2D eigenvalue weighted by Gasteiger charge is 2.31. The molecule has 7 nitrogen and oxygen atoms in total. The molecule has 0 atom stereocenters. The molecule has 0 unspecified atom stereocenters. The molecule has 0 saturated carbocycles. The Labute approximate surface area is 178 Å². The smallest absolute Gasteiger partial charge is 0.410 e. The van der Waals surface area contributed by atoms with Gasteiger partial charge in [-0.2, -0.15) is 5.10 Å². The number of hydrogen-bond donors (Lipinski definition) is 0. The molecule has 0 radical (unpaired) electrons. The number of carbonyl (C=O) groups is 2. The number of amides is 2. The number of piperidine rings is 1. The lowest BCUT2D eigenvalue weighted by Gasteiger charge is -2.34. The van der Waals surface area contributed by atoms with Crippen LogP contribution in [0.25, 0.3) is 0 Å². The predicted molar refractivity (Wildman–Crippen MR) is 115 cm³/mol. The van der Waals surface area contributed by atoms with E-state index in [1.165, 1.54) is 5.56 Å². The summed E-state index contributed by atoms with van der Waals surface area (Å²) >= 11 is 0. The van der Waals surface area contributed by atoms with Gasteiger partial charge in [0.15, 0.2) is 0 Å².